The van der Waals surface area contributed by atoms with E-state index < -0.39 is 0 Å². The highest BCUT2D eigenvalue weighted by molar-refractivity contribution is 7.13. The standard InChI is InChI=1S/C41H28N4O2S2/c46-40(32-24-36(38-11-5-21-48-38)44-34-9-3-1-7-30(32)34)42-28-17-13-26(14-18-28)23-27-15-19-29(20-16-27)43-41(47)33-25-37(39-12-6-22-49-39)45-35-10-4-2-8-31(33)35/h1-22,24-25H,23H2,(H,42,46)(H,43,47). The molecule has 0 aliphatic carbocycles. The number of hydrogen-bond donors (Lipinski definition) is 2. The molecule has 2 amide bonds. The number of carbonyl (C=O) groups excluding carboxylic acids is 2. The van der Waals surface area contributed by atoms with Gasteiger partial charge in [0.15, 0.2) is 0 Å². The number of nitrogens with zero attached hydrogens (tertiary/aromatic N) is 2. The van der Waals surface area contributed by atoms with Crippen molar-refractivity contribution < 1.29 is 9.59 Å². The number of nitrogens with one attached hydrogen (secondary N) is 2. The molecule has 6 nitrogen and oxygen atoms in total. The largest absolute Gasteiger partial charge is 0.322 e. The molecule has 236 valence electrons. The normalized spacial score (nSPS) is 11.1. The van der Waals surface area contributed by atoms with Crippen LogP contribution < -0.4 is 10.6 Å². The summed E-state index contributed by atoms with van der Waals surface area (Å²) in [5.41, 5.74) is 7.97. The first-order valence-electron chi connectivity index (χ1n) is 15.8. The second-order valence-electron chi connectivity index (χ2n) is 11.6. The summed E-state index contributed by atoms with van der Waals surface area (Å²) in [6.07, 6.45) is 0.709. The predicted octanol–water partition coefficient (Wildman–Crippen LogP) is 10.3. The second-order valence-corrected chi connectivity index (χ2v) is 13.5. The van der Waals surface area contributed by atoms with Gasteiger partial charge in [0.05, 0.1) is 43.3 Å². The molecule has 49 heavy (non-hydrogen) atoms. The summed E-state index contributed by atoms with van der Waals surface area (Å²) in [7, 11) is 0. The molecule has 0 unspecified atom stereocenters. The molecule has 0 bridgehead atoms. The van der Waals surface area contributed by atoms with Gasteiger partial charge in [0.1, 0.15) is 0 Å². The van der Waals surface area contributed by atoms with Crippen molar-refractivity contribution in [1.29, 1.82) is 0 Å². The van der Waals surface area contributed by atoms with Crippen molar-refractivity contribution in [1.82, 2.24) is 9.97 Å². The maximum atomic E-state index is 13.5. The van der Waals surface area contributed by atoms with E-state index in [4.69, 9.17) is 9.97 Å². The van der Waals surface area contributed by atoms with E-state index >= 15 is 0 Å². The Kier molecular flexibility index (Phi) is 8.23. The molecule has 0 saturated carbocycles. The van der Waals surface area contributed by atoms with Crippen LogP contribution in [-0.4, -0.2) is 21.8 Å². The minimum atomic E-state index is -0.177. The summed E-state index contributed by atoms with van der Waals surface area (Å²) in [5.74, 6) is -0.353. The zero-order chi connectivity index (χ0) is 33.2. The summed E-state index contributed by atoms with van der Waals surface area (Å²) in [5, 5.41) is 11.8. The van der Waals surface area contributed by atoms with E-state index in [-0.39, 0.29) is 11.8 Å². The molecule has 0 atom stereocenters. The summed E-state index contributed by atoms with van der Waals surface area (Å²) in [4.78, 5) is 38.6. The maximum absolute atomic E-state index is 13.5. The number of hydrogen-bond acceptors (Lipinski definition) is 6. The van der Waals surface area contributed by atoms with Crippen LogP contribution in [0.1, 0.15) is 31.8 Å². The molecule has 0 spiro atoms. The Labute approximate surface area is 290 Å². The average molecular weight is 673 g/mol. The molecule has 0 fully saturated rings. The van der Waals surface area contributed by atoms with Gasteiger partial charge >= 0.3 is 0 Å². The van der Waals surface area contributed by atoms with Gasteiger partial charge in [0.2, 0.25) is 0 Å². The van der Waals surface area contributed by atoms with E-state index in [1.807, 2.05) is 144 Å². The molecular formula is C41H28N4O2S2. The molecular weight excluding hydrogens is 645 g/mol. The first-order valence-corrected chi connectivity index (χ1v) is 17.5. The molecule has 0 radical (unpaired) electrons. The van der Waals surface area contributed by atoms with E-state index in [1.165, 1.54) is 0 Å². The first-order chi connectivity index (χ1) is 24.1. The van der Waals surface area contributed by atoms with Crippen molar-refractivity contribution >= 4 is 67.7 Å². The summed E-state index contributed by atoms with van der Waals surface area (Å²) in [6, 6.07) is 42.9. The highest BCUT2D eigenvalue weighted by Crippen LogP contribution is 2.30. The second kappa shape index (κ2) is 13.3. The van der Waals surface area contributed by atoms with Crippen LogP contribution in [0.5, 0.6) is 0 Å². The Morgan fingerprint density at radius 1 is 0.510 bits per heavy atom. The van der Waals surface area contributed by atoms with Crippen LogP contribution in [0, 0.1) is 0 Å². The number of anilines is 2. The molecule has 0 saturated heterocycles. The molecule has 8 heteroatoms. The van der Waals surface area contributed by atoms with Gasteiger partial charge in [-0.05, 0) is 89.0 Å². The van der Waals surface area contributed by atoms with Gasteiger partial charge in [-0.15, -0.1) is 22.7 Å². The zero-order valence-electron chi connectivity index (χ0n) is 26.1. The van der Waals surface area contributed by atoms with Crippen LogP contribution in [0.15, 0.2) is 144 Å². The lowest BCUT2D eigenvalue weighted by Crippen LogP contribution is -2.13. The zero-order valence-corrected chi connectivity index (χ0v) is 27.7. The Morgan fingerprint density at radius 2 is 0.939 bits per heavy atom. The molecule has 0 aliphatic rings. The quantitative estimate of drug-likeness (QED) is 0.168. The Bertz CT molecular complexity index is 2270. The SMILES string of the molecule is O=C(Nc1ccc(Cc2ccc(NC(=O)c3cc(-c4cccs4)nc4ccccc34)cc2)cc1)c1cc(-c2cccs2)nc2ccccc12. The fourth-order valence-corrected chi connectivity index (χ4v) is 7.24. The lowest BCUT2D eigenvalue weighted by Gasteiger charge is -2.11. The molecule has 4 aromatic heterocycles. The van der Waals surface area contributed by atoms with Crippen molar-refractivity contribution in [3.63, 3.8) is 0 Å². The molecule has 0 aliphatic heterocycles. The van der Waals surface area contributed by atoms with Crippen LogP contribution in [0.4, 0.5) is 11.4 Å². The summed E-state index contributed by atoms with van der Waals surface area (Å²) < 4.78 is 0. The lowest BCUT2D eigenvalue weighted by atomic mass is 10.0. The lowest BCUT2D eigenvalue weighted by molar-refractivity contribution is 0.102. The monoisotopic (exact) mass is 672 g/mol. The van der Waals surface area contributed by atoms with E-state index in [1.54, 1.807) is 22.7 Å². The number of para-hydroxylation sites is 2. The molecule has 8 rings (SSSR count). The van der Waals surface area contributed by atoms with Crippen LogP contribution in [0.3, 0.4) is 0 Å². The fraction of sp³-hybridized carbons (Fsp3) is 0.0244. The number of aromatic nitrogens is 2. The minimum absolute atomic E-state index is 0.177. The van der Waals surface area contributed by atoms with E-state index in [9.17, 15) is 9.59 Å². The summed E-state index contributed by atoms with van der Waals surface area (Å²) >= 11 is 3.20. The van der Waals surface area contributed by atoms with Gasteiger partial charge in [-0.3, -0.25) is 9.59 Å². The fourth-order valence-electron chi connectivity index (χ4n) is 5.87. The molecule has 4 aromatic carbocycles. The van der Waals surface area contributed by atoms with Gasteiger partial charge in [0, 0.05) is 22.1 Å². The highest BCUT2D eigenvalue weighted by Gasteiger charge is 2.16. The number of amides is 2. The number of fused-ring (bicyclic) bond motifs is 2. The topological polar surface area (TPSA) is 84.0 Å². The van der Waals surface area contributed by atoms with Gasteiger partial charge in [0.25, 0.3) is 11.8 Å². The first kappa shape index (κ1) is 30.4. The number of rotatable bonds is 8. The molecule has 8 aromatic rings. The van der Waals surface area contributed by atoms with Gasteiger partial charge < -0.3 is 10.6 Å². The smallest absolute Gasteiger partial charge is 0.256 e. The van der Waals surface area contributed by atoms with E-state index in [0.29, 0.717) is 17.5 Å². The van der Waals surface area contributed by atoms with Gasteiger partial charge in [-0.25, -0.2) is 9.97 Å². The highest BCUT2D eigenvalue weighted by atomic mass is 32.1. The third-order valence-electron chi connectivity index (χ3n) is 8.30. The van der Waals surface area contributed by atoms with Crippen LogP contribution >= 0.6 is 22.7 Å². The van der Waals surface area contributed by atoms with Crippen molar-refractivity contribution in [3.05, 3.63) is 166 Å². The number of pyridine rings is 2. The van der Waals surface area contributed by atoms with Crippen LogP contribution in [0.25, 0.3) is 42.9 Å². The van der Waals surface area contributed by atoms with Crippen molar-refractivity contribution in [2.45, 2.75) is 6.42 Å². The minimum Gasteiger partial charge on any atom is -0.322 e. The number of thiophene rings is 2. The van der Waals surface area contributed by atoms with Crippen LogP contribution in [-0.2, 0) is 6.42 Å². The maximum Gasteiger partial charge on any atom is 0.256 e. The Balaban J connectivity index is 0.945. The van der Waals surface area contributed by atoms with Crippen molar-refractivity contribution in [2.75, 3.05) is 10.6 Å². The predicted molar refractivity (Wildman–Crippen MR) is 202 cm³/mol. The Morgan fingerprint density at radius 3 is 1.35 bits per heavy atom. The number of carbonyl (C=O) groups is 2. The molecule has 4 heterocycles. The number of benzene rings is 4. The van der Waals surface area contributed by atoms with Gasteiger partial charge in [-0.2, -0.15) is 0 Å². The van der Waals surface area contributed by atoms with E-state index in [2.05, 4.69) is 10.6 Å². The van der Waals surface area contributed by atoms with Crippen molar-refractivity contribution in [2.24, 2.45) is 0 Å². The molecule has 2 N–H and O–H groups in total. The summed E-state index contributed by atoms with van der Waals surface area (Å²) in [6.45, 7) is 0. The Hall–Kier alpha value is -5.96. The van der Waals surface area contributed by atoms with Gasteiger partial charge in [-0.1, -0.05) is 72.8 Å². The third kappa shape index (κ3) is 6.47. The average Bonchev–Trinajstić information content (AvgIpc) is 3.88. The van der Waals surface area contributed by atoms with Crippen molar-refractivity contribution in [3.8, 4) is 21.1 Å². The third-order valence-corrected chi connectivity index (χ3v) is 10.1. The van der Waals surface area contributed by atoms with E-state index in [0.717, 1.165) is 65.4 Å². The van der Waals surface area contributed by atoms with Crippen LogP contribution in [0.2, 0.25) is 0 Å².